The zero-order valence-corrected chi connectivity index (χ0v) is 16.3. The number of anilines is 1. The quantitative estimate of drug-likeness (QED) is 0.752. The second-order valence-electron chi connectivity index (χ2n) is 6.71. The van der Waals surface area contributed by atoms with Crippen molar-refractivity contribution in [2.45, 2.75) is 44.6 Å². The van der Waals surface area contributed by atoms with Gasteiger partial charge in [-0.15, -0.1) is 0 Å². The van der Waals surface area contributed by atoms with Crippen LogP contribution in [-0.4, -0.2) is 35.8 Å². The van der Waals surface area contributed by atoms with E-state index in [2.05, 4.69) is 15.6 Å². The lowest BCUT2D eigenvalue weighted by Gasteiger charge is -2.22. The summed E-state index contributed by atoms with van der Waals surface area (Å²) in [7, 11) is 1.37. The van der Waals surface area contributed by atoms with Gasteiger partial charge in [-0.1, -0.05) is 43.2 Å². The number of amides is 1. The number of hydrogen-bond donors (Lipinski definition) is 2. The number of ether oxygens (including phenoxy) is 1. The van der Waals surface area contributed by atoms with Crippen molar-refractivity contribution in [1.82, 2.24) is 5.32 Å². The highest BCUT2D eigenvalue weighted by Gasteiger charge is 2.18. The van der Waals surface area contributed by atoms with E-state index < -0.39 is 0 Å². The summed E-state index contributed by atoms with van der Waals surface area (Å²) >= 11 is 1.38. The van der Waals surface area contributed by atoms with Gasteiger partial charge in [0.15, 0.2) is 0 Å². The number of fused-ring (bicyclic) bond motifs is 1. The number of thioether (sulfide) groups is 1. The lowest BCUT2D eigenvalue weighted by molar-refractivity contribution is -0.139. The SMILES string of the molecule is COC(=O)CC1=CC(SCC(=O)NC2CCCCC2)=Nc2ccccc2N1. The van der Waals surface area contributed by atoms with E-state index >= 15 is 0 Å². The minimum Gasteiger partial charge on any atom is -0.469 e. The van der Waals surface area contributed by atoms with Crippen LogP contribution < -0.4 is 10.6 Å². The largest absolute Gasteiger partial charge is 0.469 e. The fourth-order valence-electron chi connectivity index (χ4n) is 3.24. The molecule has 0 spiro atoms. The van der Waals surface area contributed by atoms with Crippen molar-refractivity contribution in [3.63, 3.8) is 0 Å². The predicted molar refractivity (Wildman–Crippen MR) is 109 cm³/mol. The van der Waals surface area contributed by atoms with Gasteiger partial charge in [0.2, 0.25) is 5.91 Å². The van der Waals surface area contributed by atoms with Gasteiger partial charge in [-0.05, 0) is 31.1 Å². The van der Waals surface area contributed by atoms with Crippen molar-refractivity contribution < 1.29 is 14.3 Å². The van der Waals surface area contributed by atoms with E-state index in [4.69, 9.17) is 4.74 Å². The fourth-order valence-corrected chi connectivity index (χ4v) is 3.99. The Labute approximate surface area is 163 Å². The number of carbonyl (C=O) groups excluding carboxylic acids is 2. The molecule has 0 saturated heterocycles. The Morgan fingerprint density at radius 2 is 2.04 bits per heavy atom. The van der Waals surface area contributed by atoms with Crippen LogP contribution in [0, 0.1) is 0 Å². The van der Waals surface area contributed by atoms with Crippen molar-refractivity contribution in [2.75, 3.05) is 18.2 Å². The van der Waals surface area contributed by atoms with E-state index in [1.54, 1.807) is 0 Å². The van der Waals surface area contributed by atoms with E-state index in [0.29, 0.717) is 22.5 Å². The molecule has 0 bridgehead atoms. The van der Waals surface area contributed by atoms with Gasteiger partial charge in [0, 0.05) is 11.7 Å². The number of rotatable bonds is 5. The molecule has 1 heterocycles. The number of nitrogens with one attached hydrogen (secondary N) is 2. The van der Waals surface area contributed by atoms with Crippen molar-refractivity contribution in [2.24, 2.45) is 4.99 Å². The standard InChI is InChI=1S/C20H25N3O3S/c1-26-20(25)12-15-11-19(23-17-10-6-5-9-16(17)21-15)27-13-18(24)22-14-7-3-2-4-8-14/h5-6,9-11,14,21H,2-4,7-8,12-13H2,1H3,(H,22,24). The molecule has 144 valence electrons. The number of para-hydroxylation sites is 2. The zero-order chi connectivity index (χ0) is 19.1. The number of aliphatic imine (C=N–C) groups is 1. The first-order chi connectivity index (χ1) is 13.1. The van der Waals surface area contributed by atoms with Gasteiger partial charge in [0.05, 0.1) is 35.7 Å². The third-order valence-electron chi connectivity index (χ3n) is 4.61. The number of esters is 1. The van der Waals surface area contributed by atoms with Crippen molar-refractivity contribution >= 4 is 40.1 Å². The summed E-state index contributed by atoms with van der Waals surface area (Å²) in [5, 5.41) is 7.06. The lowest BCUT2D eigenvalue weighted by atomic mass is 9.95. The molecule has 0 radical (unpaired) electrons. The summed E-state index contributed by atoms with van der Waals surface area (Å²) in [6.07, 6.45) is 7.71. The third kappa shape index (κ3) is 5.85. The Morgan fingerprint density at radius 1 is 1.26 bits per heavy atom. The van der Waals surface area contributed by atoms with E-state index in [0.717, 1.165) is 24.2 Å². The van der Waals surface area contributed by atoms with Crippen LogP contribution in [0.1, 0.15) is 38.5 Å². The summed E-state index contributed by atoms with van der Waals surface area (Å²) in [5.41, 5.74) is 2.31. The first-order valence-corrected chi connectivity index (χ1v) is 10.3. The molecule has 0 atom stereocenters. The maximum atomic E-state index is 12.3. The first kappa shape index (κ1) is 19.5. The van der Waals surface area contributed by atoms with E-state index in [1.165, 1.54) is 38.1 Å². The topological polar surface area (TPSA) is 79.8 Å². The molecule has 7 heteroatoms. The molecule has 27 heavy (non-hydrogen) atoms. The average Bonchev–Trinajstić information content (AvgIpc) is 2.85. The van der Waals surface area contributed by atoms with Crippen molar-refractivity contribution in [3.8, 4) is 0 Å². The lowest BCUT2D eigenvalue weighted by Crippen LogP contribution is -2.37. The highest BCUT2D eigenvalue weighted by atomic mass is 32.2. The molecule has 1 amide bonds. The fraction of sp³-hybridized carbons (Fsp3) is 0.450. The summed E-state index contributed by atoms with van der Waals surface area (Å²) in [5.74, 6) is 0.00926. The molecule has 1 aliphatic carbocycles. The van der Waals surface area contributed by atoms with E-state index in [-0.39, 0.29) is 18.3 Å². The number of hydrogen-bond acceptors (Lipinski definition) is 6. The second kappa shape index (κ2) is 9.60. The molecule has 3 rings (SSSR count). The van der Waals surface area contributed by atoms with Gasteiger partial charge in [0.1, 0.15) is 0 Å². The number of benzene rings is 1. The molecule has 2 N–H and O–H groups in total. The Bertz CT molecular complexity index is 755. The smallest absolute Gasteiger partial charge is 0.311 e. The van der Waals surface area contributed by atoms with Gasteiger partial charge in [-0.25, -0.2) is 4.99 Å². The van der Waals surface area contributed by atoms with E-state index in [9.17, 15) is 9.59 Å². The van der Waals surface area contributed by atoms with Crippen molar-refractivity contribution in [3.05, 3.63) is 36.0 Å². The Kier molecular flexibility index (Phi) is 6.92. The highest BCUT2D eigenvalue weighted by Crippen LogP contribution is 2.31. The molecule has 1 saturated carbocycles. The molecule has 1 fully saturated rings. The molecular formula is C20H25N3O3S. The van der Waals surface area contributed by atoms with Gasteiger partial charge < -0.3 is 15.4 Å². The second-order valence-corrected chi connectivity index (χ2v) is 7.70. The Hall–Kier alpha value is -2.28. The van der Waals surface area contributed by atoms with E-state index in [1.807, 2.05) is 30.3 Å². The summed E-state index contributed by atoms with van der Waals surface area (Å²) < 4.78 is 4.77. The number of carbonyl (C=O) groups is 2. The predicted octanol–water partition coefficient (Wildman–Crippen LogP) is 3.77. The molecule has 0 unspecified atom stereocenters. The Balaban J connectivity index is 1.67. The minimum absolute atomic E-state index is 0.0306. The van der Waals surface area contributed by atoms with Crippen LogP contribution >= 0.6 is 11.8 Å². The average molecular weight is 388 g/mol. The summed E-state index contributed by atoms with van der Waals surface area (Å²) in [6, 6.07) is 7.93. The van der Waals surface area contributed by atoms with Gasteiger partial charge in [-0.2, -0.15) is 0 Å². The molecule has 1 aromatic rings. The highest BCUT2D eigenvalue weighted by molar-refractivity contribution is 8.14. The Morgan fingerprint density at radius 3 is 2.81 bits per heavy atom. The molecule has 6 nitrogen and oxygen atoms in total. The summed E-state index contributed by atoms with van der Waals surface area (Å²) in [4.78, 5) is 28.6. The minimum atomic E-state index is -0.326. The van der Waals surface area contributed by atoms with Crippen LogP contribution in [0.5, 0.6) is 0 Å². The third-order valence-corrected chi connectivity index (χ3v) is 5.52. The number of nitrogens with zero attached hydrogens (tertiary/aromatic N) is 1. The normalized spacial score (nSPS) is 16.9. The van der Waals surface area contributed by atoms with Gasteiger partial charge in [0.25, 0.3) is 0 Å². The molecular weight excluding hydrogens is 362 g/mol. The van der Waals surface area contributed by atoms with Crippen LogP contribution in [-0.2, 0) is 14.3 Å². The van der Waals surface area contributed by atoms with Crippen molar-refractivity contribution in [1.29, 1.82) is 0 Å². The van der Waals surface area contributed by atoms with Crippen LogP contribution in [0.4, 0.5) is 11.4 Å². The molecule has 1 aliphatic heterocycles. The molecule has 0 aromatic heterocycles. The molecule has 1 aromatic carbocycles. The molecule has 2 aliphatic rings. The maximum absolute atomic E-state index is 12.3. The first-order valence-electron chi connectivity index (χ1n) is 9.28. The number of methoxy groups -OCH3 is 1. The zero-order valence-electron chi connectivity index (χ0n) is 15.5. The van der Waals surface area contributed by atoms with Crippen LogP contribution in [0.25, 0.3) is 0 Å². The van der Waals surface area contributed by atoms with Crippen LogP contribution in [0.3, 0.4) is 0 Å². The van der Waals surface area contributed by atoms with Gasteiger partial charge >= 0.3 is 5.97 Å². The monoisotopic (exact) mass is 387 g/mol. The van der Waals surface area contributed by atoms with Crippen LogP contribution in [0.2, 0.25) is 0 Å². The summed E-state index contributed by atoms with van der Waals surface area (Å²) in [6.45, 7) is 0. The van der Waals surface area contributed by atoms with Crippen LogP contribution in [0.15, 0.2) is 41.0 Å². The van der Waals surface area contributed by atoms with Gasteiger partial charge in [-0.3, -0.25) is 9.59 Å². The maximum Gasteiger partial charge on any atom is 0.311 e.